The Kier molecular flexibility index (Phi) is 5.16. The highest BCUT2D eigenvalue weighted by Gasteiger charge is 2.49. The first-order chi connectivity index (χ1) is 12.5. The molecule has 2 aliphatic rings. The lowest BCUT2D eigenvalue weighted by atomic mass is 9.60. The van der Waals surface area contributed by atoms with Crippen LogP contribution in [0.25, 0.3) is 6.08 Å². The molecule has 1 atom stereocenters. The number of hydrogen-bond donors (Lipinski definition) is 0. The average Bonchev–Trinajstić information content (AvgIpc) is 2.82. The second-order valence-electron chi connectivity index (χ2n) is 10.2. The molecule has 0 N–H and O–H groups in total. The molecule has 0 aliphatic heterocycles. The molecule has 0 radical (unpaired) electrons. The van der Waals surface area contributed by atoms with Crippen molar-refractivity contribution in [2.24, 2.45) is 5.41 Å². The van der Waals surface area contributed by atoms with Crippen LogP contribution in [0.1, 0.15) is 104 Å². The summed E-state index contributed by atoms with van der Waals surface area (Å²) in [6, 6.07) is 2.37. The van der Waals surface area contributed by atoms with Gasteiger partial charge in [0.05, 0.1) is 12.2 Å². The fraction of sp³-hybridized carbons (Fsp3) is 0.680. The minimum atomic E-state index is 0.0475. The zero-order chi connectivity index (χ0) is 20.1. The monoisotopic (exact) mass is 370 g/mol. The van der Waals surface area contributed by atoms with Crippen LogP contribution >= 0.6 is 0 Å². The van der Waals surface area contributed by atoms with Crippen LogP contribution in [-0.4, -0.2) is 12.2 Å². The highest BCUT2D eigenvalue weighted by molar-refractivity contribution is 5.77. The maximum atomic E-state index is 6.50. The van der Waals surface area contributed by atoms with Crippen LogP contribution in [0, 0.1) is 5.41 Å². The number of benzene rings is 1. The van der Waals surface area contributed by atoms with Crippen molar-refractivity contribution in [2.75, 3.05) is 0 Å². The SMILES string of the molecule is CC(C)Oc1c(C(C)C)cc2c(c1OC(C)C)C1(C)CCCC(C)(C)C1=C2. The Bertz CT molecular complexity index is 752. The van der Waals surface area contributed by atoms with Crippen molar-refractivity contribution in [3.8, 4) is 11.5 Å². The van der Waals surface area contributed by atoms with Crippen LogP contribution in [0.15, 0.2) is 11.6 Å². The molecule has 2 nitrogen and oxygen atoms in total. The summed E-state index contributed by atoms with van der Waals surface area (Å²) in [5, 5.41) is 0. The van der Waals surface area contributed by atoms with Crippen LogP contribution in [0.5, 0.6) is 11.5 Å². The third-order valence-electron chi connectivity index (χ3n) is 6.28. The number of rotatable bonds is 5. The predicted molar refractivity (Wildman–Crippen MR) is 115 cm³/mol. The van der Waals surface area contributed by atoms with E-state index in [4.69, 9.17) is 9.47 Å². The third-order valence-corrected chi connectivity index (χ3v) is 6.28. The van der Waals surface area contributed by atoms with E-state index in [0.717, 1.165) is 11.5 Å². The fourth-order valence-electron chi connectivity index (χ4n) is 5.17. The average molecular weight is 371 g/mol. The van der Waals surface area contributed by atoms with E-state index >= 15 is 0 Å². The fourth-order valence-corrected chi connectivity index (χ4v) is 5.17. The van der Waals surface area contributed by atoms with Gasteiger partial charge < -0.3 is 9.47 Å². The zero-order valence-electron chi connectivity index (χ0n) is 18.8. The first-order valence-electron chi connectivity index (χ1n) is 10.7. The summed E-state index contributed by atoms with van der Waals surface area (Å²) in [6.07, 6.45) is 6.41. The van der Waals surface area contributed by atoms with Gasteiger partial charge in [-0.15, -0.1) is 0 Å². The first kappa shape index (κ1) is 20.3. The number of allylic oxidation sites excluding steroid dienone is 1. The van der Waals surface area contributed by atoms with Gasteiger partial charge in [-0.2, -0.15) is 0 Å². The van der Waals surface area contributed by atoms with E-state index in [1.165, 1.54) is 36.0 Å². The maximum Gasteiger partial charge on any atom is 0.166 e. The Balaban J connectivity index is 2.30. The van der Waals surface area contributed by atoms with E-state index in [9.17, 15) is 0 Å². The Morgan fingerprint density at radius 3 is 2.00 bits per heavy atom. The van der Waals surface area contributed by atoms with E-state index in [2.05, 4.69) is 74.5 Å². The first-order valence-corrected chi connectivity index (χ1v) is 10.7. The molecular formula is C25H38O2. The van der Waals surface area contributed by atoms with Gasteiger partial charge in [-0.25, -0.2) is 0 Å². The molecule has 1 aromatic carbocycles. The van der Waals surface area contributed by atoms with Crippen LogP contribution in [0.3, 0.4) is 0 Å². The predicted octanol–water partition coefficient (Wildman–Crippen LogP) is 7.25. The van der Waals surface area contributed by atoms with Gasteiger partial charge in [-0.3, -0.25) is 0 Å². The van der Waals surface area contributed by atoms with Crippen molar-refractivity contribution in [2.45, 2.75) is 105 Å². The zero-order valence-corrected chi connectivity index (χ0v) is 18.8. The molecule has 0 amide bonds. The minimum Gasteiger partial charge on any atom is -0.487 e. The van der Waals surface area contributed by atoms with E-state index in [1.807, 2.05) is 0 Å². The lowest BCUT2D eigenvalue weighted by Crippen LogP contribution is -2.36. The molecule has 0 saturated heterocycles. The van der Waals surface area contributed by atoms with Crippen LogP contribution in [0.2, 0.25) is 0 Å². The van der Waals surface area contributed by atoms with E-state index < -0.39 is 0 Å². The van der Waals surface area contributed by atoms with Gasteiger partial charge in [0.25, 0.3) is 0 Å². The number of ether oxygens (including phenoxy) is 2. The van der Waals surface area contributed by atoms with Gasteiger partial charge in [0.2, 0.25) is 0 Å². The Morgan fingerprint density at radius 1 is 0.852 bits per heavy atom. The topological polar surface area (TPSA) is 18.5 Å². The van der Waals surface area contributed by atoms with Crippen molar-refractivity contribution < 1.29 is 9.47 Å². The van der Waals surface area contributed by atoms with E-state index in [0.29, 0.717) is 5.92 Å². The third kappa shape index (κ3) is 3.41. The lowest BCUT2D eigenvalue weighted by molar-refractivity contribution is 0.189. The summed E-state index contributed by atoms with van der Waals surface area (Å²) < 4.78 is 12.9. The van der Waals surface area contributed by atoms with Gasteiger partial charge in [0, 0.05) is 16.5 Å². The van der Waals surface area contributed by atoms with Crippen LogP contribution in [-0.2, 0) is 5.41 Å². The summed E-state index contributed by atoms with van der Waals surface area (Å²) in [4.78, 5) is 0. The smallest absolute Gasteiger partial charge is 0.166 e. The summed E-state index contributed by atoms with van der Waals surface area (Å²) in [7, 11) is 0. The Labute approximate surface area is 166 Å². The van der Waals surface area contributed by atoms with Gasteiger partial charge in [-0.1, -0.05) is 52.7 Å². The quantitative estimate of drug-likeness (QED) is 0.543. The molecule has 0 aromatic heterocycles. The van der Waals surface area contributed by atoms with Gasteiger partial charge >= 0.3 is 0 Å². The highest BCUT2D eigenvalue weighted by atomic mass is 16.5. The van der Waals surface area contributed by atoms with Crippen molar-refractivity contribution in [1.29, 1.82) is 0 Å². The number of fused-ring (bicyclic) bond motifs is 3. The molecule has 1 aromatic rings. The van der Waals surface area contributed by atoms with Crippen molar-refractivity contribution >= 4 is 6.08 Å². The molecule has 1 unspecified atom stereocenters. The molecular weight excluding hydrogens is 332 g/mol. The molecule has 0 heterocycles. The standard InChI is InChI=1S/C25H38O2/c1-15(2)19-13-18-14-20-24(7,8)11-10-12-25(20,9)21(18)23(27-17(5)6)22(19)26-16(3)4/h13-17H,10-12H2,1-9H3. The summed E-state index contributed by atoms with van der Waals surface area (Å²) in [5.74, 6) is 2.35. The second-order valence-corrected chi connectivity index (χ2v) is 10.2. The molecule has 2 aliphatic carbocycles. The van der Waals surface area contributed by atoms with E-state index in [-0.39, 0.29) is 23.0 Å². The molecule has 0 bridgehead atoms. The van der Waals surface area contributed by atoms with E-state index in [1.54, 1.807) is 5.57 Å². The Morgan fingerprint density at radius 2 is 1.44 bits per heavy atom. The molecule has 2 heteroatoms. The number of hydrogen-bond acceptors (Lipinski definition) is 2. The molecule has 27 heavy (non-hydrogen) atoms. The maximum absolute atomic E-state index is 6.50. The molecule has 1 saturated carbocycles. The Hall–Kier alpha value is -1.44. The van der Waals surface area contributed by atoms with Crippen molar-refractivity contribution in [1.82, 2.24) is 0 Å². The minimum absolute atomic E-state index is 0.0475. The lowest BCUT2D eigenvalue weighted by Gasteiger charge is -2.44. The summed E-state index contributed by atoms with van der Waals surface area (Å²) in [5.41, 5.74) is 5.82. The molecule has 150 valence electrons. The second kappa shape index (κ2) is 6.87. The summed E-state index contributed by atoms with van der Waals surface area (Å²) in [6.45, 7) is 20.2. The van der Waals surface area contributed by atoms with Gasteiger partial charge in [-0.05, 0) is 63.5 Å². The molecule has 3 rings (SSSR count). The normalized spacial score (nSPS) is 23.5. The molecule has 1 fully saturated rings. The molecule has 0 spiro atoms. The van der Waals surface area contributed by atoms with Crippen molar-refractivity contribution in [3.05, 3.63) is 28.3 Å². The van der Waals surface area contributed by atoms with Crippen molar-refractivity contribution in [3.63, 3.8) is 0 Å². The largest absolute Gasteiger partial charge is 0.487 e. The van der Waals surface area contributed by atoms with Crippen LogP contribution in [0.4, 0.5) is 0 Å². The van der Waals surface area contributed by atoms with Gasteiger partial charge in [0.15, 0.2) is 11.5 Å². The van der Waals surface area contributed by atoms with Crippen LogP contribution < -0.4 is 9.47 Å². The summed E-state index contributed by atoms with van der Waals surface area (Å²) >= 11 is 0. The van der Waals surface area contributed by atoms with Gasteiger partial charge in [0.1, 0.15) is 0 Å². The highest BCUT2D eigenvalue weighted by Crippen LogP contribution is 2.61.